The van der Waals surface area contributed by atoms with E-state index in [1.165, 1.54) is 11.6 Å². The number of rotatable bonds is 5. The van der Waals surface area contributed by atoms with Gasteiger partial charge >= 0.3 is 0 Å². The maximum atomic E-state index is 14.3. The van der Waals surface area contributed by atoms with Crippen LogP contribution in [0.1, 0.15) is 24.0 Å². The lowest BCUT2D eigenvalue weighted by atomic mass is 10.1. The van der Waals surface area contributed by atoms with Crippen LogP contribution in [0.3, 0.4) is 0 Å². The van der Waals surface area contributed by atoms with Crippen molar-refractivity contribution < 1.29 is 4.39 Å². The van der Waals surface area contributed by atoms with Crippen molar-refractivity contribution in [2.45, 2.75) is 25.4 Å². The zero-order valence-corrected chi connectivity index (χ0v) is 11.8. The van der Waals surface area contributed by atoms with E-state index in [1.807, 2.05) is 5.38 Å². The second-order valence-corrected chi connectivity index (χ2v) is 5.85. The molecule has 1 saturated carbocycles. The molecule has 0 radical (unpaired) electrons. The van der Waals surface area contributed by atoms with Gasteiger partial charge in [-0.2, -0.15) is 11.3 Å². The topological polar surface area (TPSA) is 53.1 Å². The van der Waals surface area contributed by atoms with E-state index >= 15 is 0 Å². The summed E-state index contributed by atoms with van der Waals surface area (Å²) in [6.45, 7) is 0.727. The van der Waals surface area contributed by atoms with E-state index in [1.54, 1.807) is 23.5 Å². The molecule has 0 unspecified atom stereocenters. The summed E-state index contributed by atoms with van der Waals surface area (Å²) in [5.41, 5.74) is 7.63. The van der Waals surface area contributed by atoms with Crippen LogP contribution < -0.4 is 10.6 Å². The zero-order valence-electron chi connectivity index (χ0n) is 11.0. The third kappa shape index (κ3) is 2.67. The summed E-state index contributed by atoms with van der Waals surface area (Å²) in [7, 11) is 0. The highest BCUT2D eigenvalue weighted by Crippen LogP contribution is 2.35. The number of halogens is 1. The lowest BCUT2D eigenvalue weighted by molar-refractivity contribution is 0.614. The highest BCUT2D eigenvalue weighted by atomic mass is 32.1. The molecule has 0 spiro atoms. The van der Waals surface area contributed by atoms with Gasteiger partial charge in [0.2, 0.25) is 0 Å². The number of nitrogens with zero attached hydrogens (tertiary/aromatic N) is 1. The van der Waals surface area contributed by atoms with Crippen LogP contribution in [0.15, 0.2) is 35.0 Å². The fourth-order valence-electron chi connectivity index (χ4n) is 2.28. The van der Waals surface area contributed by atoms with Gasteiger partial charge in [0.05, 0.1) is 5.69 Å². The molecule has 3 nitrogen and oxygen atoms in total. The molecule has 104 valence electrons. The minimum absolute atomic E-state index is 0.105. The summed E-state index contributed by atoms with van der Waals surface area (Å²) >= 11 is 1.65. The summed E-state index contributed by atoms with van der Waals surface area (Å²) in [6.07, 6.45) is 2.22. The Labute approximate surface area is 121 Å². The van der Waals surface area contributed by atoms with Crippen molar-refractivity contribution in [1.29, 1.82) is 5.41 Å². The minimum atomic E-state index is -0.306. The molecule has 0 amide bonds. The number of nitrogen functional groups attached to an aromatic ring is 1. The van der Waals surface area contributed by atoms with Crippen molar-refractivity contribution in [2.75, 3.05) is 4.90 Å². The van der Waals surface area contributed by atoms with Crippen molar-refractivity contribution >= 4 is 22.9 Å². The summed E-state index contributed by atoms with van der Waals surface area (Å²) < 4.78 is 14.3. The molecule has 1 aromatic carbocycles. The third-order valence-corrected chi connectivity index (χ3v) is 4.22. The van der Waals surface area contributed by atoms with Gasteiger partial charge in [-0.3, -0.25) is 5.41 Å². The Morgan fingerprint density at radius 2 is 2.20 bits per heavy atom. The van der Waals surface area contributed by atoms with Crippen molar-refractivity contribution in [2.24, 2.45) is 5.73 Å². The highest BCUT2D eigenvalue weighted by Gasteiger charge is 2.30. The normalized spacial score (nSPS) is 14.2. The molecule has 5 heteroatoms. The van der Waals surface area contributed by atoms with Gasteiger partial charge in [0, 0.05) is 18.2 Å². The summed E-state index contributed by atoms with van der Waals surface area (Å²) in [6, 6.07) is 7.29. The van der Waals surface area contributed by atoms with E-state index in [-0.39, 0.29) is 11.7 Å². The van der Waals surface area contributed by atoms with Crippen LogP contribution >= 0.6 is 11.3 Å². The Balaban J connectivity index is 1.89. The average Bonchev–Trinajstić information content (AvgIpc) is 3.14. The molecule has 1 heterocycles. The Kier molecular flexibility index (Phi) is 3.44. The summed E-state index contributed by atoms with van der Waals surface area (Å²) in [5.74, 6) is -0.411. The van der Waals surface area contributed by atoms with E-state index < -0.39 is 0 Å². The Morgan fingerprint density at radius 1 is 1.40 bits per heavy atom. The van der Waals surface area contributed by atoms with Crippen LogP contribution in [-0.4, -0.2) is 11.9 Å². The van der Waals surface area contributed by atoms with Gasteiger partial charge in [-0.25, -0.2) is 4.39 Å². The van der Waals surface area contributed by atoms with Crippen molar-refractivity contribution in [3.63, 3.8) is 0 Å². The molecule has 1 aromatic heterocycles. The molecule has 1 aliphatic carbocycles. The van der Waals surface area contributed by atoms with Gasteiger partial charge in [0.15, 0.2) is 0 Å². The molecule has 0 atom stereocenters. The largest absolute Gasteiger partial charge is 0.384 e. The van der Waals surface area contributed by atoms with Gasteiger partial charge in [-0.05, 0) is 53.4 Å². The van der Waals surface area contributed by atoms with Crippen molar-refractivity contribution in [3.8, 4) is 0 Å². The van der Waals surface area contributed by atoms with Crippen molar-refractivity contribution in [3.05, 3.63) is 52.0 Å². The minimum Gasteiger partial charge on any atom is -0.384 e. The second kappa shape index (κ2) is 5.25. The first-order valence-corrected chi connectivity index (χ1v) is 7.51. The predicted molar refractivity (Wildman–Crippen MR) is 80.9 cm³/mol. The van der Waals surface area contributed by atoms with E-state index in [0.29, 0.717) is 17.3 Å². The lowest BCUT2D eigenvalue weighted by Gasteiger charge is -2.25. The number of hydrogen-bond acceptors (Lipinski definition) is 3. The van der Waals surface area contributed by atoms with Gasteiger partial charge < -0.3 is 10.6 Å². The first kappa shape index (κ1) is 13.1. The number of amidine groups is 1. The number of hydrogen-bond donors (Lipinski definition) is 2. The molecular weight excluding hydrogens is 273 g/mol. The quantitative estimate of drug-likeness (QED) is 0.655. The van der Waals surface area contributed by atoms with Crippen LogP contribution in [0.25, 0.3) is 0 Å². The highest BCUT2D eigenvalue weighted by molar-refractivity contribution is 7.07. The number of nitrogens with two attached hydrogens (primary N) is 1. The third-order valence-electron chi connectivity index (χ3n) is 3.49. The van der Waals surface area contributed by atoms with E-state index in [0.717, 1.165) is 19.4 Å². The van der Waals surface area contributed by atoms with Crippen LogP contribution in [0.5, 0.6) is 0 Å². The fraction of sp³-hybridized carbons (Fsp3) is 0.267. The lowest BCUT2D eigenvalue weighted by Crippen LogP contribution is -2.26. The Bertz CT molecular complexity index is 620. The molecule has 0 saturated heterocycles. The number of nitrogens with one attached hydrogen (secondary N) is 1. The number of thiophene rings is 1. The number of benzene rings is 1. The Morgan fingerprint density at radius 3 is 2.75 bits per heavy atom. The SMILES string of the molecule is N=C(N)c1ccc(N(Cc2ccsc2)C2CC2)c(F)c1. The smallest absolute Gasteiger partial charge is 0.147 e. The van der Waals surface area contributed by atoms with Gasteiger partial charge in [-0.1, -0.05) is 0 Å². The predicted octanol–water partition coefficient (Wildman–Crippen LogP) is 3.34. The van der Waals surface area contributed by atoms with Crippen LogP contribution in [0.2, 0.25) is 0 Å². The van der Waals surface area contributed by atoms with Crippen LogP contribution in [0, 0.1) is 11.2 Å². The summed E-state index contributed by atoms with van der Waals surface area (Å²) in [4.78, 5) is 2.11. The second-order valence-electron chi connectivity index (χ2n) is 5.07. The maximum absolute atomic E-state index is 14.3. The van der Waals surface area contributed by atoms with E-state index in [4.69, 9.17) is 11.1 Å². The molecule has 1 fully saturated rings. The van der Waals surface area contributed by atoms with Gasteiger partial charge in [0.25, 0.3) is 0 Å². The van der Waals surface area contributed by atoms with E-state index in [2.05, 4.69) is 16.3 Å². The van der Waals surface area contributed by atoms with Gasteiger partial charge in [0.1, 0.15) is 11.7 Å². The number of anilines is 1. The molecule has 20 heavy (non-hydrogen) atoms. The molecule has 2 aromatic rings. The average molecular weight is 289 g/mol. The molecule has 3 rings (SSSR count). The fourth-order valence-corrected chi connectivity index (χ4v) is 2.94. The monoisotopic (exact) mass is 289 g/mol. The van der Waals surface area contributed by atoms with Gasteiger partial charge in [-0.15, -0.1) is 0 Å². The molecular formula is C15H16FN3S. The molecule has 0 bridgehead atoms. The van der Waals surface area contributed by atoms with Crippen molar-refractivity contribution in [1.82, 2.24) is 0 Å². The first-order chi connectivity index (χ1) is 9.65. The molecule has 1 aliphatic rings. The summed E-state index contributed by atoms with van der Waals surface area (Å²) in [5, 5.41) is 11.5. The standard InChI is InChI=1S/C15H16FN3S/c16-13-7-11(15(17)18)1-4-14(13)19(12-2-3-12)8-10-5-6-20-9-10/h1,4-7,9,12H,2-3,8H2,(H3,17,18). The van der Waals surface area contributed by atoms with Crippen LogP contribution in [0.4, 0.5) is 10.1 Å². The molecule has 0 aliphatic heterocycles. The molecule has 3 N–H and O–H groups in total. The zero-order chi connectivity index (χ0) is 14.1. The van der Waals surface area contributed by atoms with E-state index in [9.17, 15) is 4.39 Å². The first-order valence-electron chi connectivity index (χ1n) is 6.57. The maximum Gasteiger partial charge on any atom is 0.147 e. The Hall–Kier alpha value is -1.88. The van der Waals surface area contributed by atoms with Crippen LogP contribution in [-0.2, 0) is 6.54 Å².